The molecule has 1 heterocycles. The molecule has 2 aromatic carbocycles. The first-order chi connectivity index (χ1) is 13.7. The van der Waals surface area contributed by atoms with Crippen molar-refractivity contribution in [1.29, 1.82) is 0 Å². The molecule has 3 aromatic rings. The lowest BCUT2D eigenvalue weighted by molar-refractivity contribution is 0.211. The van der Waals surface area contributed by atoms with Gasteiger partial charge in [-0.3, -0.25) is 0 Å². The van der Waals surface area contributed by atoms with Crippen molar-refractivity contribution < 1.29 is 14.2 Å². The van der Waals surface area contributed by atoms with E-state index >= 15 is 0 Å². The number of aromatic nitrogens is 2. The molecule has 0 saturated heterocycles. The minimum Gasteiger partial charge on any atom is -0.493 e. The zero-order valence-corrected chi connectivity index (χ0v) is 16.7. The van der Waals surface area contributed by atoms with Gasteiger partial charge in [-0.2, -0.15) is 0 Å². The van der Waals surface area contributed by atoms with E-state index in [1.165, 1.54) is 5.69 Å². The lowest BCUT2D eigenvalue weighted by Crippen LogP contribution is -2.23. The van der Waals surface area contributed by atoms with Gasteiger partial charge in [0.1, 0.15) is 19.0 Å². The molecule has 0 N–H and O–H groups in total. The summed E-state index contributed by atoms with van der Waals surface area (Å²) >= 11 is 0. The van der Waals surface area contributed by atoms with Crippen molar-refractivity contribution in [1.82, 2.24) is 9.55 Å². The van der Waals surface area contributed by atoms with Gasteiger partial charge in [-0.15, -0.1) is 0 Å². The van der Waals surface area contributed by atoms with Gasteiger partial charge < -0.3 is 23.7 Å². The fourth-order valence-corrected chi connectivity index (χ4v) is 2.92. The molecule has 28 heavy (non-hydrogen) atoms. The Bertz CT molecular complexity index is 861. The zero-order valence-electron chi connectivity index (χ0n) is 16.7. The molecule has 6 heteroatoms. The number of hydrogen-bond acceptors (Lipinski definition) is 5. The number of para-hydroxylation sites is 2. The Balaban J connectivity index is 1.50. The molecular formula is C22H27N3O3. The van der Waals surface area contributed by atoms with Crippen LogP contribution in [0.4, 0.5) is 5.69 Å². The number of imidazole rings is 1. The van der Waals surface area contributed by atoms with E-state index < -0.39 is 0 Å². The summed E-state index contributed by atoms with van der Waals surface area (Å²) in [7, 11) is 3.65. The van der Waals surface area contributed by atoms with E-state index in [-0.39, 0.29) is 0 Å². The first kappa shape index (κ1) is 19.6. The quantitative estimate of drug-likeness (QED) is 0.498. The Morgan fingerprint density at radius 3 is 2.32 bits per heavy atom. The minimum atomic E-state index is 0.448. The van der Waals surface area contributed by atoms with Gasteiger partial charge in [0.05, 0.1) is 25.7 Å². The van der Waals surface area contributed by atoms with Gasteiger partial charge in [-0.25, -0.2) is 4.98 Å². The Hall–Kier alpha value is -3.15. The average Bonchev–Trinajstić information content (AvgIpc) is 3.14. The standard InChI is InChI=1S/C22H27N3O3/c1-4-25(16-19-15-23-17-24(19)2)18-9-11-20(12-10-18)27-13-14-28-22-8-6-5-7-21(22)26-3/h5-12,15,17H,4,13-14,16H2,1-3H3. The second-order valence-electron chi connectivity index (χ2n) is 6.35. The van der Waals surface area contributed by atoms with Gasteiger partial charge in [-0.05, 0) is 43.3 Å². The van der Waals surface area contributed by atoms with Crippen molar-refractivity contribution in [2.45, 2.75) is 13.5 Å². The molecule has 0 aliphatic carbocycles. The van der Waals surface area contributed by atoms with E-state index in [0.29, 0.717) is 13.2 Å². The number of anilines is 1. The number of rotatable bonds is 10. The second kappa shape index (κ2) is 9.69. The van der Waals surface area contributed by atoms with Gasteiger partial charge in [0.2, 0.25) is 0 Å². The lowest BCUT2D eigenvalue weighted by Gasteiger charge is -2.23. The van der Waals surface area contributed by atoms with Crippen molar-refractivity contribution in [3.8, 4) is 17.2 Å². The largest absolute Gasteiger partial charge is 0.493 e. The van der Waals surface area contributed by atoms with E-state index in [2.05, 4.69) is 28.9 Å². The second-order valence-corrected chi connectivity index (χ2v) is 6.35. The summed E-state index contributed by atoms with van der Waals surface area (Å²) in [5.41, 5.74) is 2.33. The summed E-state index contributed by atoms with van der Waals surface area (Å²) in [6.07, 6.45) is 3.73. The van der Waals surface area contributed by atoms with Gasteiger partial charge in [0.25, 0.3) is 0 Å². The number of benzene rings is 2. The molecule has 3 rings (SSSR count). The van der Waals surface area contributed by atoms with Crippen molar-refractivity contribution in [3.63, 3.8) is 0 Å². The first-order valence-electron chi connectivity index (χ1n) is 9.40. The summed E-state index contributed by atoms with van der Waals surface area (Å²) in [5.74, 6) is 2.27. The van der Waals surface area contributed by atoms with Crippen molar-refractivity contribution in [2.24, 2.45) is 7.05 Å². The molecule has 148 valence electrons. The van der Waals surface area contributed by atoms with Crippen LogP contribution >= 0.6 is 0 Å². The third-order valence-corrected chi connectivity index (χ3v) is 4.53. The van der Waals surface area contributed by atoms with Gasteiger partial charge in [0.15, 0.2) is 11.5 Å². The van der Waals surface area contributed by atoms with E-state index in [9.17, 15) is 0 Å². The minimum absolute atomic E-state index is 0.448. The van der Waals surface area contributed by atoms with E-state index in [0.717, 1.165) is 36.0 Å². The Morgan fingerprint density at radius 2 is 1.68 bits per heavy atom. The Morgan fingerprint density at radius 1 is 0.964 bits per heavy atom. The predicted octanol–water partition coefficient (Wildman–Crippen LogP) is 3.91. The van der Waals surface area contributed by atoms with Crippen LogP contribution in [-0.4, -0.2) is 36.4 Å². The van der Waals surface area contributed by atoms with E-state index in [1.54, 1.807) is 7.11 Å². The average molecular weight is 381 g/mol. The maximum absolute atomic E-state index is 5.80. The molecule has 0 atom stereocenters. The van der Waals surface area contributed by atoms with Crippen LogP contribution in [0.25, 0.3) is 0 Å². The third kappa shape index (κ3) is 4.97. The number of hydrogen-bond donors (Lipinski definition) is 0. The highest BCUT2D eigenvalue weighted by molar-refractivity contribution is 5.49. The summed E-state index contributed by atoms with van der Waals surface area (Å²) in [5, 5.41) is 0. The summed E-state index contributed by atoms with van der Waals surface area (Å²) in [6.45, 7) is 4.79. The molecule has 0 bridgehead atoms. The summed E-state index contributed by atoms with van der Waals surface area (Å²) in [6, 6.07) is 15.7. The van der Waals surface area contributed by atoms with Crippen molar-refractivity contribution >= 4 is 5.69 Å². The highest BCUT2D eigenvalue weighted by atomic mass is 16.5. The molecule has 1 aromatic heterocycles. The number of nitrogens with zero attached hydrogens (tertiary/aromatic N) is 3. The Kier molecular flexibility index (Phi) is 6.78. The molecule has 0 saturated carbocycles. The molecule has 0 aliphatic heterocycles. The smallest absolute Gasteiger partial charge is 0.161 e. The van der Waals surface area contributed by atoms with Crippen LogP contribution in [0.15, 0.2) is 61.1 Å². The monoisotopic (exact) mass is 381 g/mol. The molecule has 0 fully saturated rings. The molecule has 0 unspecified atom stereocenters. The first-order valence-corrected chi connectivity index (χ1v) is 9.40. The van der Waals surface area contributed by atoms with Gasteiger partial charge in [-0.1, -0.05) is 12.1 Å². The molecule has 0 radical (unpaired) electrons. The van der Waals surface area contributed by atoms with Gasteiger partial charge >= 0.3 is 0 Å². The molecular weight excluding hydrogens is 354 g/mol. The third-order valence-electron chi connectivity index (χ3n) is 4.53. The zero-order chi connectivity index (χ0) is 19.8. The summed E-state index contributed by atoms with van der Waals surface area (Å²) in [4.78, 5) is 6.49. The molecule has 0 spiro atoms. The van der Waals surface area contributed by atoms with E-state index in [4.69, 9.17) is 14.2 Å². The fourth-order valence-electron chi connectivity index (χ4n) is 2.92. The summed E-state index contributed by atoms with van der Waals surface area (Å²) < 4.78 is 18.8. The highest BCUT2D eigenvalue weighted by Crippen LogP contribution is 2.26. The van der Waals surface area contributed by atoms with Crippen molar-refractivity contribution in [2.75, 3.05) is 31.8 Å². The number of ether oxygens (including phenoxy) is 3. The normalized spacial score (nSPS) is 10.5. The number of methoxy groups -OCH3 is 1. The van der Waals surface area contributed by atoms with Crippen LogP contribution in [0.3, 0.4) is 0 Å². The van der Waals surface area contributed by atoms with Crippen LogP contribution in [0.2, 0.25) is 0 Å². The molecule has 0 aliphatic rings. The molecule has 6 nitrogen and oxygen atoms in total. The van der Waals surface area contributed by atoms with Gasteiger partial charge in [0, 0.05) is 25.5 Å². The highest BCUT2D eigenvalue weighted by Gasteiger charge is 2.08. The molecule has 0 amide bonds. The van der Waals surface area contributed by atoms with E-state index in [1.807, 2.05) is 60.5 Å². The van der Waals surface area contributed by atoms with Crippen LogP contribution in [0.5, 0.6) is 17.2 Å². The van der Waals surface area contributed by atoms with Crippen LogP contribution in [0.1, 0.15) is 12.6 Å². The van der Waals surface area contributed by atoms with Crippen LogP contribution < -0.4 is 19.1 Å². The SMILES string of the molecule is CCN(Cc1cncn1C)c1ccc(OCCOc2ccccc2OC)cc1. The fraction of sp³-hybridized carbons (Fsp3) is 0.318. The maximum Gasteiger partial charge on any atom is 0.161 e. The lowest BCUT2D eigenvalue weighted by atomic mass is 10.2. The Labute approximate surface area is 166 Å². The maximum atomic E-state index is 5.80. The van der Waals surface area contributed by atoms with Crippen LogP contribution in [0, 0.1) is 0 Å². The number of aryl methyl sites for hydroxylation is 1. The van der Waals surface area contributed by atoms with Crippen LogP contribution in [-0.2, 0) is 13.6 Å². The predicted molar refractivity (Wildman–Crippen MR) is 110 cm³/mol. The van der Waals surface area contributed by atoms with Crippen molar-refractivity contribution in [3.05, 3.63) is 66.7 Å². The topological polar surface area (TPSA) is 48.8 Å².